The van der Waals surface area contributed by atoms with Crippen molar-refractivity contribution in [3.05, 3.63) is 41.5 Å². The Hall–Kier alpha value is -2.42. The number of rotatable bonds is 2. The van der Waals surface area contributed by atoms with Gasteiger partial charge in [-0.25, -0.2) is 9.37 Å². The van der Waals surface area contributed by atoms with E-state index in [1.807, 2.05) is 0 Å². The van der Waals surface area contributed by atoms with Crippen LogP contribution in [-0.2, 0) is 6.18 Å². The Morgan fingerprint density at radius 1 is 1.21 bits per heavy atom. The van der Waals surface area contributed by atoms with Crippen LogP contribution in [0.3, 0.4) is 0 Å². The fourth-order valence-corrected chi connectivity index (χ4v) is 2.81. The fraction of sp³-hybridized carbons (Fsp3) is 0.333. The van der Waals surface area contributed by atoms with Gasteiger partial charge in [0.05, 0.1) is 24.3 Å². The molecule has 128 valence electrons. The van der Waals surface area contributed by atoms with Crippen LogP contribution in [0.15, 0.2) is 24.7 Å². The molecule has 0 radical (unpaired) electrons. The number of alkyl halides is 4. The van der Waals surface area contributed by atoms with Crippen molar-refractivity contribution < 1.29 is 27.4 Å². The number of fused-ring (bicyclic) bond motifs is 1. The summed E-state index contributed by atoms with van der Waals surface area (Å²) in [6.45, 7) is 1.38. The van der Waals surface area contributed by atoms with E-state index >= 15 is 0 Å². The molecule has 0 spiro atoms. The second kappa shape index (κ2) is 5.59. The second-order valence-corrected chi connectivity index (χ2v) is 5.53. The number of hydrogen-bond donors (Lipinski definition) is 2. The Morgan fingerprint density at radius 3 is 2.54 bits per heavy atom. The number of halogens is 4. The summed E-state index contributed by atoms with van der Waals surface area (Å²) in [5.74, 6) is -0.886. The molecule has 0 fully saturated rings. The molecule has 1 aliphatic rings. The van der Waals surface area contributed by atoms with Gasteiger partial charge in [0, 0.05) is 23.1 Å². The van der Waals surface area contributed by atoms with Gasteiger partial charge in [-0.3, -0.25) is 4.98 Å². The van der Waals surface area contributed by atoms with Crippen LogP contribution in [0.1, 0.15) is 35.8 Å². The summed E-state index contributed by atoms with van der Waals surface area (Å²) in [6.07, 6.45) is -5.07. The lowest BCUT2D eigenvalue weighted by Gasteiger charge is -2.16. The number of pyridine rings is 2. The van der Waals surface area contributed by atoms with Crippen LogP contribution in [0.4, 0.5) is 23.2 Å². The number of anilines is 1. The van der Waals surface area contributed by atoms with Gasteiger partial charge in [0.2, 0.25) is 0 Å². The van der Waals surface area contributed by atoms with E-state index < -0.39 is 35.6 Å². The molecule has 2 aromatic rings. The zero-order valence-corrected chi connectivity index (χ0v) is 12.4. The first-order valence-corrected chi connectivity index (χ1v) is 7.00. The Morgan fingerprint density at radius 2 is 1.92 bits per heavy atom. The molecule has 1 aliphatic carbocycles. The summed E-state index contributed by atoms with van der Waals surface area (Å²) < 4.78 is 59.0. The molecule has 0 bridgehead atoms. The van der Waals surface area contributed by atoms with Crippen LogP contribution >= 0.6 is 0 Å². The Kier molecular flexibility index (Phi) is 3.83. The molecular weight excluding hydrogens is 330 g/mol. The number of ether oxygens (including phenoxy) is 1. The maximum Gasteiger partial charge on any atom is 0.433 e. The molecule has 3 N–H and O–H groups in total. The molecule has 0 saturated carbocycles. The number of nitrogen functional groups attached to an aromatic ring is 1. The highest BCUT2D eigenvalue weighted by atomic mass is 19.4. The van der Waals surface area contributed by atoms with Crippen molar-refractivity contribution in [2.45, 2.75) is 31.3 Å². The van der Waals surface area contributed by atoms with Gasteiger partial charge in [0.25, 0.3) is 0 Å². The van der Waals surface area contributed by atoms with Crippen molar-refractivity contribution in [3.8, 4) is 11.5 Å². The van der Waals surface area contributed by atoms with Gasteiger partial charge in [-0.05, 0) is 0 Å². The zero-order valence-electron chi connectivity index (χ0n) is 12.4. The van der Waals surface area contributed by atoms with Gasteiger partial charge in [0.1, 0.15) is 23.8 Å². The van der Waals surface area contributed by atoms with E-state index in [1.54, 1.807) is 0 Å². The molecule has 0 saturated heterocycles. The van der Waals surface area contributed by atoms with Crippen LogP contribution in [-0.4, -0.2) is 21.2 Å². The first-order chi connectivity index (χ1) is 11.2. The summed E-state index contributed by atoms with van der Waals surface area (Å²) in [5.41, 5.74) is 3.91. The highest BCUT2D eigenvalue weighted by molar-refractivity contribution is 5.52. The molecule has 3 rings (SSSR count). The lowest BCUT2D eigenvalue weighted by atomic mass is 10.0. The van der Waals surface area contributed by atoms with Crippen LogP contribution in [0.25, 0.3) is 0 Å². The monoisotopic (exact) mass is 343 g/mol. The van der Waals surface area contributed by atoms with Gasteiger partial charge in [0.15, 0.2) is 5.69 Å². The minimum Gasteiger partial charge on any atom is -0.454 e. The molecule has 24 heavy (non-hydrogen) atoms. The number of nitrogens with zero attached hydrogens (tertiary/aromatic N) is 2. The summed E-state index contributed by atoms with van der Waals surface area (Å²) >= 11 is 0. The molecule has 2 aromatic heterocycles. The second-order valence-electron chi connectivity index (χ2n) is 5.53. The molecule has 0 aromatic carbocycles. The lowest BCUT2D eigenvalue weighted by molar-refractivity contribution is -0.143. The normalized spacial score (nSPS) is 23.2. The quantitative estimate of drug-likeness (QED) is 0.817. The van der Waals surface area contributed by atoms with E-state index in [0.29, 0.717) is 5.69 Å². The largest absolute Gasteiger partial charge is 0.454 e. The highest BCUT2D eigenvalue weighted by Crippen LogP contribution is 2.50. The van der Waals surface area contributed by atoms with Crippen LogP contribution in [0, 0.1) is 0 Å². The smallest absolute Gasteiger partial charge is 0.433 e. The molecular formula is C15H13F4N3O2. The third-order valence-electron chi connectivity index (χ3n) is 3.88. The SMILES string of the molecule is C[C@@H]1c2c(Oc3cncc(N)c3)cnc(C(F)(F)F)c2[C@H](O)[C@@H]1F. The van der Waals surface area contributed by atoms with Gasteiger partial charge < -0.3 is 15.6 Å². The molecule has 2 heterocycles. The molecule has 0 aliphatic heterocycles. The molecule has 5 nitrogen and oxygen atoms in total. The fourth-order valence-electron chi connectivity index (χ4n) is 2.81. The van der Waals surface area contributed by atoms with E-state index in [2.05, 4.69) is 9.97 Å². The van der Waals surface area contributed by atoms with Crippen molar-refractivity contribution in [2.24, 2.45) is 0 Å². The number of aromatic nitrogens is 2. The van der Waals surface area contributed by atoms with Crippen molar-refractivity contribution in [3.63, 3.8) is 0 Å². The molecule has 9 heteroatoms. The standard InChI is InChI=1S/C15H13F4N3O2/c1-6-10-9(24-8-2-7(20)3-21-4-8)5-22-14(15(17,18)19)11(10)13(23)12(6)16/h2-6,12-13,23H,20H2,1H3/t6-,12-,13+/m1/s1. The number of aliphatic hydroxyl groups excluding tert-OH is 1. The average Bonchev–Trinajstić information content (AvgIpc) is 2.72. The van der Waals surface area contributed by atoms with Crippen LogP contribution in [0.5, 0.6) is 11.5 Å². The topological polar surface area (TPSA) is 81.3 Å². The van der Waals surface area contributed by atoms with Gasteiger partial charge in [-0.15, -0.1) is 0 Å². The Labute approximate surface area is 134 Å². The Balaban J connectivity index is 2.13. The number of nitrogens with two attached hydrogens (primary N) is 1. The van der Waals surface area contributed by atoms with Crippen molar-refractivity contribution in [1.82, 2.24) is 9.97 Å². The first-order valence-electron chi connectivity index (χ1n) is 7.00. The summed E-state index contributed by atoms with van der Waals surface area (Å²) in [7, 11) is 0. The Bertz CT molecular complexity index is 782. The summed E-state index contributed by atoms with van der Waals surface area (Å²) in [6, 6.07) is 1.42. The lowest BCUT2D eigenvalue weighted by Crippen LogP contribution is -2.16. The van der Waals surface area contributed by atoms with Crippen molar-refractivity contribution in [2.75, 3.05) is 5.73 Å². The van der Waals surface area contributed by atoms with E-state index in [9.17, 15) is 22.7 Å². The van der Waals surface area contributed by atoms with E-state index in [1.165, 1.54) is 25.4 Å². The van der Waals surface area contributed by atoms with Crippen LogP contribution < -0.4 is 10.5 Å². The summed E-state index contributed by atoms with van der Waals surface area (Å²) in [5, 5.41) is 9.90. The average molecular weight is 343 g/mol. The number of aliphatic hydroxyl groups is 1. The molecule has 3 atom stereocenters. The maximum atomic E-state index is 14.1. The minimum absolute atomic E-state index is 0.0558. The zero-order chi connectivity index (χ0) is 17.6. The predicted octanol–water partition coefficient (Wildman–Crippen LogP) is 3.36. The van der Waals surface area contributed by atoms with Gasteiger partial charge in [-0.1, -0.05) is 6.92 Å². The highest BCUT2D eigenvalue weighted by Gasteiger charge is 2.48. The van der Waals surface area contributed by atoms with E-state index in [-0.39, 0.29) is 17.1 Å². The van der Waals surface area contributed by atoms with Crippen molar-refractivity contribution in [1.29, 1.82) is 0 Å². The summed E-state index contributed by atoms with van der Waals surface area (Å²) in [4.78, 5) is 7.14. The van der Waals surface area contributed by atoms with Crippen LogP contribution in [0.2, 0.25) is 0 Å². The third kappa shape index (κ3) is 2.64. The first kappa shape index (κ1) is 16.4. The van der Waals surface area contributed by atoms with E-state index in [4.69, 9.17) is 10.5 Å². The predicted molar refractivity (Wildman–Crippen MR) is 76.2 cm³/mol. The molecule has 0 unspecified atom stereocenters. The van der Waals surface area contributed by atoms with Gasteiger partial charge >= 0.3 is 6.18 Å². The van der Waals surface area contributed by atoms with Crippen molar-refractivity contribution >= 4 is 5.69 Å². The third-order valence-corrected chi connectivity index (χ3v) is 3.88. The maximum absolute atomic E-state index is 14.1. The van der Waals surface area contributed by atoms with Gasteiger partial charge in [-0.2, -0.15) is 13.2 Å². The minimum atomic E-state index is -4.81. The van der Waals surface area contributed by atoms with E-state index in [0.717, 1.165) is 6.20 Å². The number of hydrogen-bond acceptors (Lipinski definition) is 5. The molecule has 0 amide bonds.